The van der Waals surface area contributed by atoms with E-state index < -0.39 is 17.7 Å². The number of anilines is 1. The summed E-state index contributed by atoms with van der Waals surface area (Å²) in [5, 5.41) is 2.52. The third-order valence-electron chi connectivity index (χ3n) is 6.25. The van der Waals surface area contributed by atoms with Crippen molar-refractivity contribution in [3.8, 4) is 0 Å². The number of aryl methyl sites for hydroxylation is 1. The lowest BCUT2D eigenvalue weighted by Gasteiger charge is -2.33. The van der Waals surface area contributed by atoms with Crippen LogP contribution in [0.1, 0.15) is 17.5 Å². The Hall–Kier alpha value is -3.49. The van der Waals surface area contributed by atoms with E-state index in [1.807, 2.05) is 0 Å². The summed E-state index contributed by atoms with van der Waals surface area (Å²) in [5.41, 5.74) is 2.01. The number of halogens is 2. The molecule has 3 aliphatic rings. The van der Waals surface area contributed by atoms with Gasteiger partial charge in [0, 0.05) is 31.4 Å². The highest BCUT2D eigenvalue weighted by Gasteiger charge is 2.42. The van der Waals surface area contributed by atoms with Crippen LogP contribution < -0.4 is 10.9 Å². The molecule has 1 fully saturated rings. The molecule has 0 saturated carbocycles. The Labute approximate surface area is 176 Å². The monoisotopic (exact) mass is 426 g/mol. The maximum Gasteiger partial charge on any atom is 0.322 e. The van der Waals surface area contributed by atoms with Crippen LogP contribution in [0.2, 0.25) is 0 Å². The topological polar surface area (TPSA) is 74.7 Å². The maximum absolute atomic E-state index is 14.2. The van der Waals surface area contributed by atoms with Crippen LogP contribution in [-0.4, -0.2) is 45.4 Å². The number of carbonyl (C=O) groups excluding carboxylic acids is 2. The molecule has 7 nitrogen and oxygen atoms in total. The van der Waals surface area contributed by atoms with Crippen LogP contribution in [0, 0.1) is 17.6 Å². The number of amides is 3. The Bertz CT molecular complexity index is 1210. The molecule has 2 aromatic rings. The van der Waals surface area contributed by atoms with Crippen molar-refractivity contribution >= 4 is 23.2 Å². The molecule has 1 aliphatic carbocycles. The van der Waals surface area contributed by atoms with Crippen molar-refractivity contribution in [1.29, 1.82) is 0 Å². The van der Waals surface area contributed by atoms with E-state index in [0.717, 1.165) is 23.6 Å². The number of aromatic nitrogens is 1. The highest BCUT2D eigenvalue weighted by atomic mass is 19.2. The summed E-state index contributed by atoms with van der Waals surface area (Å²) < 4.78 is 29.3. The van der Waals surface area contributed by atoms with Crippen LogP contribution in [0.3, 0.4) is 0 Å². The van der Waals surface area contributed by atoms with Crippen LogP contribution in [-0.2, 0) is 18.4 Å². The average molecular weight is 426 g/mol. The van der Waals surface area contributed by atoms with Gasteiger partial charge in [-0.25, -0.2) is 13.6 Å². The van der Waals surface area contributed by atoms with E-state index in [2.05, 4.69) is 11.4 Å². The molecule has 2 unspecified atom stereocenters. The third kappa shape index (κ3) is 3.20. The zero-order valence-electron chi connectivity index (χ0n) is 16.8. The standard InChI is InChI=1S/C22H20F2N4O3/c1-26-9-13(2-5-19(26)29)14-6-12-7-18(14)28(8-12)20(30)11-27-10-15-17(25-22(27)31)4-3-16(23)21(15)24/h2-6,9,12,18H,7-8,10-11H2,1H3,(H,25,31). The first kappa shape index (κ1) is 19.5. The van der Waals surface area contributed by atoms with Gasteiger partial charge >= 0.3 is 6.03 Å². The van der Waals surface area contributed by atoms with Crippen LogP contribution in [0.25, 0.3) is 5.57 Å². The second-order valence-corrected chi connectivity index (χ2v) is 8.22. The van der Waals surface area contributed by atoms with Crippen molar-refractivity contribution in [3.05, 3.63) is 69.7 Å². The third-order valence-corrected chi connectivity index (χ3v) is 6.25. The lowest BCUT2D eigenvalue weighted by Crippen LogP contribution is -2.48. The fourth-order valence-electron chi connectivity index (χ4n) is 4.68. The molecule has 31 heavy (non-hydrogen) atoms. The molecule has 0 spiro atoms. The molecule has 2 atom stereocenters. The van der Waals surface area contributed by atoms with Crippen molar-refractivity contribution in [2.24, 2.45) is 13.0 Å². The highest BCUT2D eigenvalue weighted by molar-refractivity contribution is 5.95. The number of carbonyl (C=O) groups is 2. The number of pyridine rings is 1. The molecule has 1 saturated heterocycles. The SMILES string of the molecule is Cn1cc(C2=CC3CC2N(C(=O)CN2Cc4c(ccc(F)c4F)NC2=O)C3)ccc1=O. The van der Waals surface area contributed by atoms with Crippen molar-refractivity contribution in [2.45, 2.75) is 19.0 Å². The first-order valence-corrected chi connectivity index (χ1v) is 10.0. The zero-order chi connectivity index (χ0) is 21.9. The van der Waals surface area contributed by atoms with Gasteiger partial charge in [-0.05, 0) is 41.7 Å². The van der Waals surface area contributed by atoms with E-state index in [4.69, 9.17) is 0 Å². The second kappa shape index (κ2) is 7.04. The van der Waals surface area contributed by atoms with E-state index in [1.54, 1.807) is 24.2 Å². The van der Waals surface area contributed by atoms with Crippen LogP contribution in [0.15, 0.2) is 41.3 Å². The number of nitrogens with one attached hydrogen (secondary N) is 1. The molecule has 1 aromatic carbocycles. The predicted molar refractivity (Wildman–Crippen MR) is 109 cm³/mol. The lowest BCUT2D eigenvalue weighted by molar-refractivity contribution is -0.132. The van der Waals surface area contributed by atoms with Crippen molar-refractivity contribution in [2.75, 3.05) is 18.4 Å². The summed E-state index contributed by atoms with van der Waals surface area (Å²) >= 11 is 0. The number of urea groups is 1. The van der Waals surface area contributed by atoms with Gasteiger partial charge in [0.2, 0.25) is 11.5 Å². The first-order valence-electron chi connectivity index (χ1n) is 10.0. The fourth-order valence-corrected chi connectivity index (χ4v) is 4.68. The second-order valence-electron chi connectivity index (χ2n) is 8.22. The van der Waals surface area contributed by atoms with Gasteiger partial charge in [0.15, 0.2) is 11.6 Å². The summed E-state index contributed by atoms with van der Waals surface area (Å²) in [6.07, 6.45) is 4.68. The molecule has 160 valence electrons. The number of fused-ring (bicyclic) bond motifs is 3. The van der Waals surface area contributed by atoms with Crippen molar-refractivity contribution < 1.29 is 18.4 Å². The lowest BCUT2D eigenvalue weighted by atomic mass is 10.0. The number of benzene rings is 1. The molecule has 1 aromatic heterocycles. The van der Waals surface area contributed by atoms with Gasteiger partial charge in [-0.3, -0.25) is 9.59 Å². The van der Waals surface area contributed by atoms with Crippen LogP contribution >= 0.6 is 0 Å². The predicted octanol–water partition coefficient (Wildman–Crippen LogP) is 2.33. The van der Waals surface area contributed by atoms with Gasteiger partial charge in [-0.1, -0.05) is 6.08 Å². The number of nitrogens with zero attached hydrogens (tertiary/aromatic N) is 3. The Balaban J connectivity index is 1.34. The van der Waals surface area contributed by atoms with E-state index in [1.165, 1.54) is 21.6 Å². The molecule has 0 radical (unpaired) electrons. The molecule has 2 aliphatic heterocycles. The number of rotatable bonds is 3. The normalized spacial score (nSPS) is 21.8. The van der Waals surface area contributed by atoms with E-state index in [9.17, 15) is 23.2 Å². The molecular formula is C22H20F2N4O3. The Morgan fingerprint density at radius 2 is 2.00 bits per heavy atom. The molecule has 3 heterocycles. The van der Waals surface area contributed by atoms with Gasteiger partial charge in [0.05, 0.1) is 18.3 Å². The van der Waals surface area contributed by atoms with E-state index >= 15 is 0 Å². The summed E-state index contributed by atoms with van der Waals surface area (Å²) in [7, 11) is 1.68. The average Bonchev–Trinajstić information content (AvgIpc) is 3.35. The zero-order valence-corrected chi connectivity index (χ0v) is 16.8. The van der Waals surface area contributed by atoms with Gasteiger partial charge < -0.3 is 19.7 Å². The van der Waals surface area contributed by atoms with Gasteiger partial charge in [-0.15, -0.1) is 0 Å². The maximum atomic E-state index is 14.2. The molecule has 1 N–H and O–H groups in total. The minimum absolute atomic E-state index is 0.0288. The fraction of sp³-hybridized carbons (Fsp3) is 0.318. The summed E-state index contributed by atoms with van der Waals surface area (Å²) in [5.74, 6) is -2.05. The van der Waals surface area contributed by atoms with E-state index in [0.29, 0.717) is 6.54 Å². The summed E-state index contributed by atoms with van der Waals surface area (Å²) in [6.45, 7) is 0.140. The number of hydrogen-bond donors (Lipinski definition) is 1. The van der Waals surface area contributed by atoms with Gasteiger partial charge in [0.25, 0.3) is 0 Å². The van der Waals surface area contributed by atoms with Gasteiger partial charge in [-0.2, -0.15) is 0 Å². The summed E-state index contributed by atoms with van der Waals surface area (Å²) in [6, 6.07) is 4.87. The molecule has 9 heteroatoms. The smallest absolute Gasteiger partial charge is 0.322 e. The minimum Gasteiger partial charge on any atom is -0.333 e. The van der Waals surface area contributed by atoms with Gasteiger partial charge in [0.1, 0.15) is 6.54 Å². The van der Waals surface area contributed by atoms with E-state index in [-0.39, 0.29) is 47.8 Å². The minimum atomic E-state index is -1.02. The first-order chi connectivity index (χ1) is 14.8. The Kier molecular flexibility index (Phi) is 4.42. The number of hydrogen-bond acceptors (Lipinski definition) is 3. The molecular weight excluding hydrogens is 406 g/mol. The van der Waals surface area contributed by atoms with Crippen LogP contribution in [0.4, 0.5) is 19.3 Å². The summed E-state index contributed by atoms with van der Waals surface area (Å²) in [4.78, 5) is 40.1. The quantitative estimate of drug-likeness (QED) is 0.819. The van der Waals surface area contributed by atoms with Crippen molar-refractivity contribution in [1.82, 2.24) is 14.4 Å². The molecule has 3 amide bonds. The molecule has 2 bridgehead atoms. The van der Waals surface area contributed by atoms with Crippen LogP contribution in [0.5, 0.6) is 0 Å². The largest absolute Gasteiger partial charge is 0.333 e. The van der Waals surface area contributed by atoms with Crippen molar-refractivity contribution in [3.63, 3.8) is 0 Å². The Morgan fingerprint density at radius 1 is 1.19 bits per heavy atom. The Morgan fingerprint density at radius 3 is 2.74 bits per heavy atom. The molecule has 5 rings (SSSR count). The number of likely N-dealkylation sites (tertiary alicyclic amines) is 1. The highest BCUT2D eigenvalue weighted by Crippen LogP contribution is 2.41.